The minimum atomic E-state index is 0.710. The van der Waals surface area contributed by atoms with Gasteiger partial charge in [-0.1, -0.05) is 334 Å². The van der Waals surface area contributed by atoms with Crippen molar-refractivity contribution in [1.82, 2.24) is 43.6 Å². The van der Waals surface area contributed by atoms with Crippen LogP contribution in [0.3, 0.4) is 0 Å². The third-order valence-electron chi connectivity index (χ3n) is 26.5. The highest BCUT2D eigenvalue weighted by Gasteiger charge is 2.25. The van der Waals surface area contributed by atoms with Gasteiger partial charge in [-0.15, -0.1) is 34.0 Å². The Morgan fingerprint density at radius 1 is 0.152 bits per heavy atom. The van der Waals surface area contributed by atoms with Crippen LogP contribution in [0.15, 0.2) is 479 Å². The number of aromatic nitrogens is 9. The summed E-state index contributed by atoms with van der Waals surface area (Å²) in [7, 11) is 0. The van der Waals surface area contributed by atoms with Gasteiger partial charge in [0.25, 0.3) is 0 Å². The average molecular weight is 1820 g/mol. The summed E-state index contributed by atoms with van der Waals surface area (Å²) < 4.78 is 14.7. The molecule has 0 saturated heterocycles. The fourth-order valence-electron chi connectivity index (χ4n) is 20.0. The number of nitrogens with zero attached hydrogens (tertiary/aromatic N) is 9. The van der Waals surface area contributed by atoms with Gasteiger partial charge in [0.1, 0.15) is 0 Å². The van der Waals surface area contributed by atoms with E-state index in [-0.39, 0.29) is 0 Å². The zero-order valence-electron chi connectivity index (χ0n) is 74.4. The van der Waals surface area contributed by atoms with E-state index in [2.05, 4.69) is 481 Å². The van der Waals surface area contributed by atoms with Crippen LogP contribution in [0.5, 0.6) is 0 Å². The molecule has 0 N–H and O–H groups in total. The maximum absolute atomic E-state index is 5.38. The number of fused-ring (bicyclic) bond motifs is 18. The molecule has 0 unspecified atom stereocenters. The summed E-state index contributed by atoms with van der Waals surface area (Å²) >= 11 is 5.46. The summed E-state index contributed by atoms with van der Waals surface area (Å²) in [6, 6.07) is 170. The Kier molecular flexibility index (Phi) is 20.3. The quantitative estimate of drug-likeness (QED) is 0.114. The van der Waals surface area contributed by atoms with Crippen molar-refractivity contribution in [2.24, 2.45) is 0 Å². The Bertz CT molecular complexity index is 9600. The van der Waals surface area contributed by atoms with Crippen molar-refractivity contribution in [2.45, 2.75) is 0 Å². The first-order valence-electron chi connectivity index (χ1n) is 46.3. The summed E-state index contributed by atoms with van der Waals surface area (Å²) in [5.74, 6) is 2.17. The van der Waals surface area contributed by atoms with Crippen LogP contribution in [0.4, 0.5) is 0 Å². The van der Waals surface area contributed by atoms with Gasteiger partial charge in [0.2, 0.25) is 0 Å². The summed E-state index contributed by atoms with van der Waals surface area (Å²) in [6.07, 6.45) is 0. The number of hydrogen-bond donors (Lipinski definition) is 0. The van der Waals surface area contributed by atoms with Gasteiger partial charge in [-0.05, 0) is 157 Å². The zero-order chi connectivity index (χ0) is 91.1. The highest BCUT2D eigenvalue weighted by atomic mass is 32.1. The topological polar surface area (TPSA) is 92.1 Å². The van der Waals surface area contributed by atoms with Crippen LogP contribution >= 0.6 is 34.0 Å². The SMILES string of the molecule is c1ccc(-c2cc(-c3ccc4c(c3)c3ccccc3n4-c3ccccc3)nc(-c3cccc4sc5ccccc5c34)n2)cc1.c1ccc(-c2cc(-c3ccc4c5ccccc5n(-c5ccccc5)c4c3)nc(-c3ccc4sc5ccccc5c4c3)n2)cc1.c1ccc(-c2cccc(-c3cc(-c4cccc5c6ccccc6n(-c6ccccc6)c45)nc(-c4ccc5c(c4)sc4ccccc45)n3)c2)cc1. The maximum Gasteiger partial charge on any atom is 0.161 e. The molecular formula is C126H79N9S3. The van der Waals surface area contributed by atoms with Crippen LogP contribution < -0.4 is 0 Å². The van der Waals surface area contributed by atoms with Gasteiger partial charge in [-0.25, -0.2) is 29.9 Å². The van der Waals surface area contributed by atoms with E-state index in [0.717, 1.165) is 130 Å². The van der Waals surface area contributed by atoms with Crippen LogP contribution in [0.25, 0.3) is 256 Å². The van der Waals surface area contributed by atoms with Crippen LogP contribution in [-0.2, 0) is 0 Å². The van der Waals surface area contributed by atoms with Gasteiger partial charge >= 0.3 is 0 Å². The molecule has 0 bridgehead atoms. The number of rotatable bonds is 13. The van der Waals surface area contributed by atoms with Gasteiger partial charge in [0.05, 0.1) is 67.3 Å². The van der Waals surface area contributed by atoms with Crippen LogP contribution in [-0.4, -0.2) is 43.6 Å². The molecule has 9 nitrogen and oxygen atoms in total. The van der Waals surface area contributed by atoms with E-state index < -0.39 is 0 Å². The summed E-state index contributed by atoms with van der Waals surface area (Å²) in [6.45, 7) is 0. The Morgan fingerprint density at radius 2 is 0.493 bits per heavy atom. The molecule has 0 aliphatic carbocycles. The molecule has 12 heteroatoms. The van der Waals surface area contributed by atoms with Crippen molar-refractivity contribution >= 4 is 160 Å². The lowest BCUT2D eigenvalue weighted by molar-refractivity contribution is 1.16. The summed E-state index contributed by atoms with van der Waals surface area (Å²) in [5, 5.41) is 14.8. The van der Waals surface area contributed by atoms with E-state index in [9.17, 15) is 0 Å². The molecule has 9 heterocycles. The second-order valence-electron chi connectivity index (χ2n) is 34.7. The van der Waals surface area contributed by atoms with E-state index in [1.807, 2.05) is 46.1 Å². The van der Waals surface area contributed by atoms with E-state index in [4.69, 9.17) is 29.9 Å². The molecule has 0 saturated carbocycles. The predicted octanol–water partition coefficient (Wildman–Crippen LogP) is 34.5. The van der Waals surface area contributed by atoms with E-state index in [1.54, 1.807) is 0 Å². The van der Waals surface area contributed by atoms with E-state index >= 15 is 0 Å². The van der Waals surface area contributed by atoms with Crippen molar-refractivity contribution in [2.75, 3.05) is 0 Å². The number of hydrogen-bond acceptors (Lipinski definition) is 9. The van der Waals surface area contributed by atoms with Crippen LogP contribution in [0.1, 0.15) is 0 Å². The van der Waals surface area contributed by atoms with Crippen molar-refractivity contribution in [3.63, 3.8) is 0 Å². The molecular weight excluding hydrogens is 1740 g/mol. The lowest BCUT2D eigenvalue weighted by Gasteiger charge is -2.14. The third kappa shape index (κ3) is 14.6. The molecule has 138 heavy (non-hydrogen) atoms. The van der Waals surface area contributed by atoms with Gasteiger partial charge in [0.15, 0.2) is 17.5 Å². The van der Waals surface area contributed by atoms with Gasteiger partial charge in [-0.2, -0.15) is 0 Å². The van der Waals surface area contributed by atoms with Crippen molar-refractivity contribution in [3.8, 4) is 130 Å². The van der Waals surface area contributed by atoms with E-state index in [1.165, 1.54) is 120 Å². The number of thiophene rings is 3. The molecule has 28 aromatic rings. The summed E-state index contributed by atoms with van der Waals surface area (Å²) in [4.78, 5) is 31.5. The van der Waals surface area contributed by atoms with Crippen LogP contribution in [0, 0.1) is 0 Å². The number of benzene rings is 19. The molecule has 0 atom stereocenters. The molecule has 19 aromatic carbocycles. The van der Waals surface area contributed by atoms with Crippen molar-refractivity contribution < 1.29 is 0 Å². The highest BCUT2D eigenvalue weighted by molar-refractivity contribution is 7.26. The van der Waals surface area contributed by atoms with Crippen LogP contribution in [0.2, 0.25) is 0 Å². The lowest BCUT2D eigenvalue weighted by atomic mass is 10.00. The standard InChI is InChI=1S/C46H29N3S.2C40H25N3S/c1-3-13-30(14-4-1)31-15-11-16-32(27-31)40-29-41(48-46(47-40)33-25-26-37-36-20-8-10-24-43(36)50-44(37)28-33)39-22-12-21-38-35-19-7-9-23-42(35)49(45(38)39)34-17-5-2-6-18-34;1-3-12-26(13-4-1)33-25-34(42-40(41-33)31-18-11-21-38-39(31)30-17-8-10-20-37(30)44-38)27-22-23-36-32(24-27)29-16-7-9-19-35(29)43(36)28-14-5-2-6-15-28;1-3-11-26(12-4-1)34-25-35(42-40(41-34)28-20-22-39-33(23-28)32-16-8-10-18-38(32)44-39)27-19-21-31-30-15-7-9-17-36(30)43(37(31)24-27)29-13-5-2-6-14-29/h1-29H;2*1-25H. The molecule has 0 aliphatic heterocycles. The molecule has 0 aliphatic rings. The second-order valence-corrected chi connectivity index (χ2v) is 37.9. The second kappa shape index (κ2) is 34.5. The monoisotopic (exact) mass is 1810 g/mol. The molecule has 0 amide bonds. The van der Waals surface area contributed by atoms with Gasteiger partial charge < -0.3 is 13.7 Å². The molecule has 0 fully saturated rings. The smallest absolute Gasteiger partial charge is 0.161 e. The van der Waals surface area contributed by atoms with Gasteiger partial charge in [-0.3, -0.25) is 0 Å². The largest absolute Gasteiger partial charge is 0.309 e. The fraction of sp³-hybridized carbons (Fsp3) is 0. The normalized spacial score (nSPS) is 11.6. The maximum atomic E-state index is 5.38. The third-order valence-corrected chi connectivity index (χ3v) is 29.9. The molecule has 646 valence electrons. The molecule has 0 spiro atoms. The van der Waals surface area contributed by atoms with Crippen molar-refractivity contribution in [1.29, 1.82) is 0 Å². The van der Waals surface area contributed by atoms with Gasteiger partial charge in [0, 0.05) is 160 Å². The Labute approximate surface area is 806 Å². The molecule has 0 radical (unpaired) electrons. The first-order valence-corrected chi connectivity index (χ1v) is 48.8. The Balaban J connectivity index is 0.000000107. The first-order chi connectivity index (χ1) is 68.4. The van der Waals surface area contributed by atoms with E-state index in [0.29, 0.717) is 5.82 Å². The minimum Gasteiger partial charge on any atom is -0.309 e. The predicted molar refractivity (Wildman–Crippen MR) is 582 cm³/mol. The zero-order valence-corrected chi connectivity index (χ0v) is 76.8. The Hall–Kier alpha value is -17.5. The molecule has 28 rings (SSSR count). The Morgan fingerprint density at radius 3 is 1.12 bits per heavy atom. The molecule has 9 aromatic heterocycles. The highest BCUT2D eigenvalue weighted by Crippen LogP contribution is 2.47. The minimum absolute atomic E-state index is 0.710. The fourth-order valence-corrected chi connectivity index (χ4v) is 23.4. The first kappa shape index (κ1) is 81.3. The van der Waals surface area contributed by atoms with Crippen molar-refractivity contribution in [3.05, 3.63) is 479 Å². The number of para-hydroxylation sites is 7. The lowest BCUT2D eigenvalue weighted by Crippen LogP contribution is -1.99. The average Bonchev–Trinajstić information content (AvgIpc) is 1.58. The summed E-state index contributed by atoms with van der Waals surface area (Å²) in [5.41, 5.74) is 27.6.